The molecule has 3 aromatic rings. The number of aromatic hydroxyl groups is 1. The topological polar surface area (TPSA) is 139 Å². The number of nitrogens with zero attached hydrogens (tertiary/aromatic N) is 4. The number of aromatic nitrogens is 2. The zero-order chi connectivity index (χ0) is 24.0. The number of benzene rings is 2. The number of hydrazone groups is 1. The maximum Gasteiger partial charge on any atom is 0.292 e. The van der Waals surface area contributed by atoms with Gasteiger partial charge >= 0.3 is 0 Å². The summed E-state index contributed by atoms with van der Waals surface area (Å²) in [6.45, 7) is 3.63. The van der Waals surface area contributed by atoms with Gasteiger partial charge in [0, 0.05) is 5.56 Å². The molecule has 0 fully saturated rings. The highest BCUT2D eigenvalue weighted by Gasteiger charge is 2.20. The summed E-state index contributed by atoms with van der Waals surface area (Å²) in [5.41, 5.74) is 2.45. The number of carbonyl (C=O) groups excluding carboxylic acids is 1. The first kappa shape index (κ1) is 23.0. The molecule has 168 valence electrons. The third-order valence-corrected chi connectivity index (χ3v) is 4.64. The van der Waals surface area contributed by atoms with Crippen LogP contribution in [0.25, 0.3) is 5.69 Å². The Kier molecular flexibility index (Phi) is 7.05. The monoisotopic (exact) mass is 447 g/mol. The molecule has 33 heavy (non-hydrogen) atoms. The van der Waals surface area contributed by atoms with Gasteiger partial charge in [0.2, 0.25) is 0 Å². The summed E-state index contributed by atoms with van der Waals surface area (Å²) in [5, 5.41) is 27.3. The van der Waals surface area contributed by atoms with E-state index in [2.05, 4.69) is 15.6 Å². The van der Waals surface area contributed by atoms with E-state index in [9.17, 15) is 20.0 Å². The van der Waals surface area contributed by atoms with Crippen molar-refractivity contribution in [1.82, 2.24) is 15.2 Å². The Balaban J connectivity index is 1.91. The van der Waals surface area contributed by atoms with E-state index in [-0.39, 0.29) is 28.3 Å². The quantitative estimate of drug-likeness (QED) is 0.418. The predicted octanol–water partition coefficient (Wildman–Crippen LogP) is 2.29. The standard InChI is InChI=1S/C23H21N5O5/c1-4-33-20-11-15(5-10-19(20)29)13-25-26-22(30)21-14(2)18(12-24)23(31)28(27-21)16-6-8-17(32-3)9-7-16/h5-11,13,29H,4H2,1-3H3,(H,26,30)/b25-13+. The molecule has 0 unspecified atom stereocenters. The van der Waals surface area contributed by atoms with Crippen LogP contribution in [0.5, 0.6) is 17.2 Å². The van der Waals surface area contributed by atoms with Crippen LogP contribution in [-0.4, -0.2) is 40.7 Å². The zero-order valence-electron chi connectivity index (χ0n) is 18.2. The van der Waals surface area contributed by atoms with Crippen LogP contribution in [0, 0.1) is 18.3 Å². The van der Waals surface area contributed by atoms with Gasteiger partial charge in [-0.1, -0.05) is 0 Å². The minimum absolute atomic E-state index is 0.0114. The number of methoxy groups -OCH3 is 1. The van der Waals surface area contributed by atoms with Crippen molar-refractivity contribution < 1.29 is 19.4 Å². The molecule has 2 aromatic carbocycles. The second-order valence-corrected chi connectivity index (χ2v) is 6.73. The molecule has 1 amide bonds. The first-order valence-corrected chi connectivity index (χ1v) is 9.87. The fourth-order valence-corrected chi connectivity index (χ4v) is 2.95. The summed E-state index contributed by atoms with van der Waals surface area (Å²) < 4.78 is 11.4. The molecule has 0 atom stereocenters. The maximum atomic E-state index is 12.7. The van der Waals surface area contributed by atoms with Gasteiger partial charge < -0.3 is 14.6 Å². The summed E-state index contributed by atoms with van der Waals surface area (Å²) in [5.74, 6) is 0.151. The minimum atomic E-state index is -0.702. The van der Waals surface area contributed by atoms with Gasteiger partial charge in [0.15, 0.2) is 17.2 Å². The van der Waals surface area contributed by atoms with Gasteiger partial charge in [-0.25, -0.2) is 5.43 Å². The molecule has 0 spiro atoms. The smallest absolute Gasteiger partial charge is 0.292 e. The molecule has 1 aromatic heterocycles. The number of hydrogen-bond donors (Lipinski definition) is 2. The van der Waals surface area contributed by atoms with E-state index in [1.165, 1.54) is 26.3 Å². The van der Waals surface area contributed by atoms with Crippen LogP contribution in [0.2, 0.25) is 0 Å². The Morgan fingerprint density at radius 2 is 2.03 bits per heavy atom. The summed E-state index contributed by atoms with van der Waals surface area (Å²) in [4.78, 5) is 25.5. The number of phenolic OH excluding ortho intramolecular Hbond substituents is 1. The largest absolute Gasteiger partial charge is 0.504 e. The number of ether oxygens (including phenoxy) is 2. The molecule has 0 aliphatic rings. The molecule has 3 rings (SSSR count). The van der Waals surface area contributed by atoms with Crippen LogP contribution in [0.4, 0.5) is 0 Å². The van der Waals surface area contributed by atoms with Crippen LogP contribution in [0.1, 0.15) is 34.1 Å². The minimum Gasteiger partial charge on any atom is -0.504 e. The second kappa shape index (κ2) is 10.1. The molecular weight excluding hydrogens is 426 g/mol. The van der Waals surface area contributed by atoms with Crippen molar-refractivity contribution in [2.24, 2.45) is 5.10 Å². The lowest BCUT2D eigenvalue weighted by Gasteiger charge is -2.11. The molecule has 1 heterocycles. The number of carbonyl (C=O) groups is 1. The van der Waals surface area contributed by atoms with Crippen LogP contribution in [-0.2, 0) is 0 Å². The van der Waals surface area contributed by atoms with E-state index in [0.717, 1.165) is 4.68 Å². The Hall–Kier alpha value is -4.65. The molecule has 10 nitrogen and oxygen atoms in total. The third kappa shape index (κ3) is 4.99. The van der Waals surface area contributed by atoms with E-state index < -0.39 is 11.5 Å². The highest BCUT2D eigenvalue weighted by atomic mass is 16.5. The van der Waals surface area contributed by atoms with Gasteiger partial charge in [-0.3, -0.25) is 9.59 Å². The SMILES string of the molecule is CCOc1cc(/C=N/NC(=O)c2nn(-c3ccc(OC)cc3)c(=O)c(C#N)c2C)ccc1O. The van der Waals surface area contributed by atoms with Crippen molar-refractivity contribution in [1.29, 1.82) is 5.26 Å². The summed E-state index contributed by atoms with van der Waals surface area (Å²) in [7, 11) is 1.51. The van der Waals surface area contributed by atoms with Crippen molar-refractivity contribution in [3.05, 3.63) is 75.2 Å². The fraction of sp³-hybridized carbons (Fsp3) is 0.174. The summed E-state index contributed by atoms with van der Waals surface area (Å²) >= 11 is 0. The number of hydrogen-bond acceptors (Lipinski definition) is 8. The molecule has 2 N–H and O–H groups in total. The van der Waals surface area contributed by atoms with Crippen LogP contribution in [0.15, 0.2) is 52.4 Å². The summed E-state index contributed by atoms with van der Waals surface area (Å²) in [6.07, 6.45) is 1.36. The van der Waals surface area contributed by atoms with Gasteiger partial charge in [0.1, 0.15) is 17.4 Å². The maximum absolute atomic E-state index is 12.7. The lowest BCUT2D eigenvalue weighted by molar-refractivity contribution is 0.0947. The summed E-state index contributed by atoms with van der Waals surface area (Å²) in [6, 6.07) is 12.9. The van der Waals surface area contributed by atoms with Crippen molar-refractivity contribution in [2.45, 2.75) is 13.8 Å². The number of amides is 1. The molecule has 0 saturated heterocycles. The molecule has 0 bridgehead atoms. The Bertz CT molecular complexity index is 1310. The van der Waals surface area contributed by atoms with E-state index in [4.69, 9.17) is 9.47 Å². The van der Waals surface area contributed by atoms with Crippen LogP contribution < -0.4 is 20.5 Å². The molecule has 0 aliphatic carbocycles. The number of phenols is 1. The van der Waals surface area contributed by atoms with Crippen LogP contribution in [0.3, 0.4) is 0 Å². The number of rotatable bonds is 7. The van der Waals surface area contributed by atoms with Crippen molar-refractivity contribution in [2.75, 3.05) is 13.7 Å². The molecule has 0 saturated carbocycles. The molecule has 10 heteroatoms. The van der Waals surface area contributed by atoms with Gasteiger partial charge in [0.05, 0.1) is 25.6 Å². The lowest BCUT2D eigenvalue weighted by atomic mass is 10.1. The van der Waals surface area contributed by atoms with E-state index in [0.29, 0.717) is 23.6 Å². The van der Waals surface area contributed by atoms with E-state index in [1.54, 1.807) is 43.3 Å². The highest BCUT2D eigenvalue weighted by Crippen LogP contribution is 2.26. The van der Waals surface area contributed by atoms with Gasteiger partial charge in [0.25, 0.3) is 11.5 Å². The van der Waals surface area contributed by atoms with Gasteiger partial charge in [-0.05, 0) is 61.9 Å². The normalized spacial score (nSPS) is 10.6. The third-order valence-electron chi connectivity index (χ3n) is 4.64. The average molecular weight is 447 g/mol. The Labute approximate surface area is 189 Å². The molecule has 0 radical (unpaired) electrons. The Morgan fingerprint density at radius 3 is 2.67 bits per heavy atom. The molecule has 0 aliphatic heterocycles. The highest BCUT2D eigenvalue weighted by molar-refractivity contribution is 5.94. The predicted molar refractivity (Wildman–Crippen MR) is 120 cm³/mol. The first-order chi connectivity index (χ1) is 15.9. The number of nitriles is 1. The van der Waals surface area contributed by atoms with E-state index in [1.807, 2.05) is 6.07 Å². The second-order valence-electron chi connectivity index (χ2n) is 6.73. The fourth-order valence-electron chi connectivity index (χ4n) is 2.95. The van der Waals surface area contributed by atoms with Crippen molar-refractivity contribution in [3.63, 3.8) is 0 Å². The Morgan fingerprint density at radius 1 is 1.30 bits per heavy atom. The van der Waals surface area contributed by atoms with Gasteiger partial charge in [-0.15, -0.1) is 0 Å². The van der Waals surface area contributed by atoms with Crippen LogP contribution >= 0.6 is 0 Å². The first-order valence-electron chi connectivity index (χ1n) is 9.87. The van der Waals surface area contributed by atoms with E-state index >= 15 is 0 Å². The molecular formula is C23H21N5O5. The van der Waals surface area contributed by atoms with Crippen molar-refractivity contribution >= 4 is 12.1 Å². The zero-order valence-corrected chi connectivity index (χ0v) is 18.2. The number of nitrogens with one attached hydrogen (secondary N) is 1. The lowest BCUT2D eigenvalue weighted by Crippen LogP contribution is -2.31. The van der Waals surface area contributed by atoms with Gasteiger partial charge in [-0.2, -0.15) is 20.1 Å². The average Bonchev–Trinajstić information content (AvgIpc) is 2.82. The van der Waals surface area contributed by atoms with Crippen molar-refractivity contribution in [3.8, 4) is 29.0 Å².